The van der Waals surface area contributed by atoms with Gasteiger partial charge in [-0.1, -0.05) is 30.3 Å². The molecule has 0 N–H and O–H groups in total. The van der Waals surface area contributed by atoms with Crippen molar-refractivity contribution in [1.29, 1.82) is 5.26 Å². The molecule has 2 rings (SSSR count). The monoisotopic (exact) mass is 278 g/mol. The minimum Gasteiger partial charge on any atom is -0.375 e. The highest BCUT2D eigenvalue weighted by molar-refractivity contribution is 8.32. The molecule has 0 aliphatic carbocycles. The van der Waals surface area contributed by atoms with Crippen LogP contribution in [0.1, 0.15) is 5.56 Å². The first kappa shape index (κ1) is 14.4. The lowest BCUT2D eigenvalue weighted by molar-refractivity contribution is -0.105. The SMILES string of the molecule is CS(C)(C)CN(Cc1ccccc1)C1(C#N)COC1. The van der Waals surface area contributed by atoms with Crippen LogP contribution < -0.4 is 0 Å². The first-order valence-corrected chi connectivity index (χ1v) is 9.42. The van der Waals surface area contributed by atoms with Crippen molar-refractivity contribution in [2.24, 2.45) is 0 Å². The maximum Gasteiger partial charge on any atom is 0.157 e. The molecule has 1 aliphatic heterocycles. The van der Waals surface area contributed by atoms with Gasteiger partial charge in [0, 0.05) is 12.4 Å². The zero-order valence-corrected chi connectivity index (χ0v) is 12.7. The summed E-state index contributed by atoms with van der Waals surface area (Å²) in [4.78, 5) is 2.31. The van der Waals surface area contributed by atoms with Gasteiger partial charge in [-0.2, -0.15) is 5.26 Å². The Balaban J connectivity index is 2.18. The van der Waals surface area contributed by atoms with Crippen LogP contribution >= 0.6 is 10.0 Å². The summed E-state index contributed by atoms with van der Waals surface area (Å²) in [7, 11) is -0.694. The van der Waals surface area contributed by atoms with E-state index >= 15 is 0 Å². The average molecular weight is 278 g/mol. The summed E-state index contributed by atoms with van der Waals surface area (Å²) in [5.74, 6) is 0.971. The van der Waals surface area contributed by atoms with Gasteiger partial charge in [0.05, 0.1) is 19.3 Å². The number of nitrogens with zero attached hydrogens (tertiary/aromatic N) is 2. The standard InChI is InChI=1S/C15H22N2OS/c1-19(2,3)13-17(15(10-16)11-18-12-15)9-14-7-5-4-6-8-14/h4-8H,9,11-13H2,1-3H3. The van der Waals surface area contributed by atoms with Crippen LogP contribution in [0.15, 0.2) is 30.3 Å². The number of rotatable bonds is 5. The molecule has 0 unspecified atom stereocenters. The number of nitriles is 1. The highest BCUT2D eigenvalue weighted by Crippen LogP contribution is 2.39. The summed E-state index contributed by atoms with van der Waals surface area (Å²) >= 11 is 0. The fourth-order valence-electron chi connectivity index (χ4n) is 2.21. The van der Waals surface area contributed by atoms with Crippen molar-refractivity contribution in [3.63, 3.8) is 0 Å². The van der Waals surface area contributed by atoms with E-state index in [9.17, 15) is 5.26 Å². The molecule has 0 aromatic heterocycles. The third-order valence-corrected chi connectivity index (χ3v) is 4.34. The molecule has 19 heavy (non-hydrogen) atoms. The van der Waals surface area contributed by atoms with E-state index in [0.717, 1.165) is 12.4 Å². The van der Waals surface area contributed by atoms with E-state index in [2.05, 4.69) is 41.9 Å². The van der Waals surface area contributed by atoms with Gasteiger partial charge in [0.1, 0.15) is 0 Å². The quantitative estimate of drug-likeness (QED) is 0.830. The summed E-state index contributed by atoms with van der Waals surface area (Å²) in [5.41, 5.74) is 0.837. The van der Waals surface area contributed by atoms with E-state index in [-0.39, 0.29) is 0 Å². The van der Waals surface area contributed by atoms with Crippen molar-refractivity contribution in [2.45, 2.75) is 12.1 Å². The smallest absolute Gasteiger partial charge is 0.157 e. The molecular formula is C15H22N2OS. The minimum absolute atomic E-state index is 0.421. The first-order chi connectivity index (χ1) is 8.95. The van der Waals surface area contributed by atoms with Gasteiger partial charge in [0.25, 0.3) is 0 Å². The molecule has 0 spiro atoms. The second-order valence-corrected chi connectivity index (χ2v) is 10.5. The molecule has 0 atom stereocenters. The van der Waals surface area contributed by atoms with Crippen LogP contribution in [0.2, 0.25) is 0 Å². The molecule has 0 saturated carbocycles. The van der Waals surface area contributed by atoms with E-state index in [0.29, 0.717) is 13.2 Å². The van der Waals surface area contributed by atoms with Crippen LogP contribution in [-0.4, -0.2) is 48.3 Å². The topological polar surface area (TPSA) is 36.3 Å². The van der Waals surface area contributed by atoms with Crippen molar-refractivity contribution in [3.05, 3.63) is 35.9 Å². The first-order valence-electron chi connectivity index (χ1n) is 6.39. The Labute approximate surface area is 117 Å². The summed E-state index contributed by atoms with van der Waals surface area (Å²) in [6.45, 7) is 1.89. The van der Waals surface area contributed by atoms with Gasteiger partial charge in [0.2, 0.25) is 0 Å². The molecule has 3 nitrogen and oxygen atoms in total. The predicted molar refractivity (Wildman–Crippen MR) is 81.4 cm³/mol. The van der Waals surface area contributed by atoms with Crippen LogP contribution in [0.25, 0.3) is 0 Å². The molecule has 104 valence electrons. The largest absolute Gasteiger partial charge is 0.375 e. The Morgan fingerprint density at radius 2 is 1.89 bits per heavy atom. The number of hydrogen-bond donors (Lipinski definition) is 0. The number of benzene rings is 1. The fraction of sp³-hybridized carbons (Fsp3) is 0.533. The van der Waals surface area contributed by atoms with Gasteiger partial charge >= 0.3 is 0 Å². The van der Waals surface area contributed by atoms with Crippen LogP contribution in [0.3, 0.4) is 0 Å². The number of ether oxygens (including phenoxy) is 1. The molecule has 1 aliphatic rings. The van der Waals surface area contributed by atoms with E-state index in [4.69, 9.17) is 4.74 Å². The summed E-state index contributed by atoms with van der Waals surface area (Å²) in [5, 5.41) is 9.52. The average Bonchev–Trinajstić information content (AvgIpc) is 2.27. The van der Waals surface area contributed by atoms with Crippen molar-refractivity contribution in [2.75, 3.05) is 37.9 Å². The van der Waals surface area contributed by atoms with Gasteiger partial charge in [-0.15, -0.1) is 0 Å². The molecular weight excluding hydrogens is 256 g/mol. The Kier molecular flexibility index (Phi) is 4.19. The summed E-state index contributed by atoms with van der Waals surface area (Å²) in [6, 6.07) is 12.8. The zero-order chi connectivity index (χ0) is 13.9. The van der Waals surface area contributed by atoms with Crippen LogP contribution in [0, 0.1) is 11.3 Å². The minimum atomic E-state index is -0.694. The highest BCUT2D eigenvalue weighted by atomic mass is 32.3. The van der Waals surface area contributed by atoms with Crippen molar-refractivity contribution in [1.82, 2.24) is 4.90 Å². The lowest BCUT2D eigenvalue weighted by atomic mass is 9.97. The molecule has 1 aromatic rings. The van der Waals surface area contributed by atoms with Crippen LogP contribution in [0.5, 0.6) is 0 Å². The van der Waals surface area contributed by atoms with Gasteiger partial charge in [-0.3, -0.25) is 4.90 Å². The van der Waals surface area contributed by atoms with E-state index in [1.165, 1.54) is 5.56 Å². The highest BCUT2D eigenvalue weighted by Gasteiger charge is 2.45. The number of hydrogen-bond acceptors (Lipinski definition) is 3. The second-order valence-electron chi connectivity index (χ2n) is 6.04. The van der Waals surface area contributed by atoms with E-state index in [1.54, 1.807) is 0 Å². The molecule has 1 fully saturated rings. The third kappa shape index (κ3) is 3.50. The zero-order valence-electron chi connectivity index (χ0n) is 11.9. The van der Waals surface area contributed by atoms with E-state index in [1.807, 2.05) is 18.2 Å². The molecule has 4 heteroatoms. The maximum atomic E-state index is 9.52. The second kappa shape index (κ2) is 5.54. The Bertz CT molecular complexity index is 457. The van der Waals surface area contributed by atoms with E-state index < -0.39 is 15.6 Å². The molecule has 1 heterocycles. The lowest BCUT2D eigenvalue weighted by Gasteiger charge is -2.47. The third-order valence-electron chi connectivity index (χ3n) is 3.25. The normalized spacial score (nSPS) is 18.7. The molecule has 0 bridgehead atoms. The van der Waals surface area contributed by atoms with Gasteiger partial charge in [-0.05, 0) is 24.3 Å². The van der Waals surface area contributed by atoms with Gasteiger partial charge in [0.15, 0.2) is 5.54 Å². The maximum absolute atomic E-state index is 9.52. The summed E-state index contributed by atoms with van der Waals surface area (Å²) < 4.78 is 5.31. The Morgan fingerprint density at radius 3 is 2.32 bits per heavy atom. The van der Waals surface area contributed by atoms with Crippen LogP contribution in [0.4, 0.5) is 0 Å². The molecule has 0 radical (unpaired) electrons. The fourth-order valence-corrected chi connectivity index (χ4v) is 3.48. The Hall–Kier alpha value is -1.02. The predicted octanol–water partition coefficient (Wildman–Crippen LogP) is 2.43. The van der Waals surface area contributed by atoms with Gasteiger partial charge < -0.3 is 4.74 Å². The van der Waals surface area contributed by atoms with Gasteiger partial charge in [-0.25, -0.2) is 10.0 Å². The molecule has 1 aromatic carbocycles. The lowest BCUT2D eigenvalue weighted by Crippen LogP contribution is -2.61. The van der Waals surface area contributed by atoms with Crippen molar-refractivity contribution < 1.29 is 4.74 Å². The van der Waals surface area contributed by atoms with Crippen molar-refractivity contribution >= 4 is 10.0 Å². The summed E-state index contributed by atoms with van der Waals surface area (Å²) in [6.07, 6.45) is 6.86. The van der Waals surface area contributed by atoms with Crippen molar-refractivity contribution in [3.8, 4) is 6.07 Å². The molecule has 0 amide bonds. The Morgan fingerprint density at radius 1 is 1.26 bits per heavy atom. The molecule has 1 saturated heterocycles. The van der Waals surface area contributed by atoms with Crippen LogP contribution in [-0.2, 0) is 11.3 Å².